The largest absolute Gasteiger partial charge is 0.477 e. The summed E-state index contributed by atoms with van der Waals surface area (Å²) in [5, 5.41) is 136. The molecule has 23 heteroatoms. The van der Waals surface area contributed by atoms with Gasteiger partial charge in [-0.25, -0.2) is 4.79 Å². The van der Waals surface area contributed by atoms with Gasteiger partial charge in [-0.05, 0) is 38.5 Å². The number of carboxylic acid groups (broad SMARTS) is 1. The molecule has 0 aromatic rings. The normalized spacial score (nSPS) is 27.9. The van der Waals surface area contributed by atoms with Crippen LogP contribution in [-0.4, -0.2) is 215 Å². The van der Waals surface area contributed by atoms with Gasteiger partial charge in [0.1, 0.15) is 67.1 Å². The van der Waals surface area contributed by atoms with Gasteiger partial charge >= 0.3 is 5.97 Å². The second kappa shape index (κ2) is 51.6. The maximum absolute atomic E-state index is 13.5. The summed E-state index contributed by atoms with van der Waals surface area (Å²) in [7, 11) is 0. The van der Waals surface area contributed by atoms with Crippen molar-refractivity contribution in [2.75, 3.05) is 26.4 Å². The second-order valence-electron chi connectivity index (χ2n) is 27.2. The molecule has 0 aliphatic carbocycles. The van der Waals surface area contributed by atoms with E-state index in [4.69, 9.17) is 28.4 Å². The topological polar surface area (TPSA) is 373 Å². The summed E-state index contributed by atoms with van der Waals surface area (Å²) in [6, 6.07) is -2.53. The molecule has 0 spiro atoms. The first-order valence-electron chi connectivity index (χ1n) is 37.0. The fourth-order valence-corrected chi connectivity index (χ4v) is 13.1. The van der Waals surface area contributed by atoms with E-state index in [1.54, 1.807) is 0 Å². The SMILES string of the molecule is CCCCCCCCCCCCCC/C=C\CCCCCCCCCCCCC(=O)NC(COC1OC(CO)C(OC2OC(CO)C(O)C(OC3(C(=O)O)CC(O)C(NC(C)=O)C(C(O)C(O)CO)O3)C2O)C(O)C1O)C(O)CCCCCCCCCCCCCCCC. The number of aliphatic hydroxyl groups excluding tert-OH is 11. The first-order chi connectivity index (χ1) is 45.4. The van der Waals surface area contributed by atoms with Gasteiger partial charge in [-0.15, -0.1) is 0 Å². The van der Waals surface area contributed by atoms with Crippen molar-refractivity contribution in [1.29, 1.82) is 0 Å². The van der Waals surface area contributed by atoms with Crippen LogP contribution in [0.5, 0.6) is 0 Å². The zero-order valence-electron chi connectivity index (χ0n) is 57.8. The minimum atomic E-state index is -3.08. The first kappa shape index (κ1) is 85.7. The van der Waals surface area contributed by atoms with Gasteiger partial charge in [0, 0.05) is 19.8 Å². The molecule has 0 aromatic heterocycles. The highest BCUT2D eigenvalue weighted by atomic mass is 16.8. The Morgan fingerprint density at radius 3 is 1.44 bits per heavy atom. The number of ether oxygens (including phenoxy) is 6. The van der Waals surface area contributed by atoms with Gasteiger partial charge in [0.25, 0.3) is 5.79 Å². The number of aliphatic hydroxyl groups is 11. The third-order valence-electron chi connectivity index (χ3n) is 19.0. The average Bonchev–Trinajstić information content (AvgIpc) is 0.758. The highest BCUT2D eigenvalue weighted by Crippen LogP contribution is 2.39. The maximum atomic E-state index is 13.5. The fraction of sp³-hybridized carbons (Fsp3) is 0.930. The molecule has 0 saturated carbocycles. The second-order valence-corrected chi connectivity index (χ2v) is 27.2. The van der Waals surface area contributed by atoms with Crippen LogP contribution in [0.3, 0.4) is 0 Å². The number of carbonyl (C=O) groups is 3. The third-order valence-corrected chi connectivity index (χ3v) is 19.0. The molecule has 0 bridgehead atoms. The Kier molecular flexibility index (Phi) is 47.0. The summed E-state index contributed by atoms with van der Waals surface area (Å²) in [6.45, 7) is 2.22. The van der Waals surface area contributed by atoms with Gasteiger partial charge in [-0.1, -0.05) is 238 Å². The number of nitrogens with one attached hydrogen (secondary N) is 2. The summed E-state index contributed by atoms with van der Waals surface area (Å²) in [5.41, 5.74) is 0. The predicted molar refractivity (Wildman–Crippen MR) is 357 cm³/mol. The van der Waals surface area contributed by atoms with Crippen molar-refractivity contribution in [3.8, 4) is 0 Å². The van der Waals surface area contributed by atoms with Crippen LogP contribution in [0, 0.1) is 0 Å². The van der Waals surface area contributed by atoms with Gasteiger partial charge in [-0.2, -0.15) is 0 Å². The summed E-state index contributed by atoms with van der Waals surface area (Å²) < 4.78 is 34.9. The zero-order valence-corrected chi connectivity index (χ0v) is 57.8. The van der Waals surface area contributed by atoms with Gasteiger partial charge in [0.15, 0.2) is 12.6 Å². The number of amides is 2. The molecule has 3 saturated heterocycles. The quantitative estimate of drug-likeness (QED) is 0.0203. The van der Waals surface area contributed by atoms with Gasteiger partial charge in [-0.3, -0.25) is 9.59 Å². The smallest absolute Gasteiger partial charge is 0.364 e. The molecule has 3 rings (SSSR count). The number of allylic oxidation sites excluding steroid dienone is 2. The van der Waals surface area contributed by atoms with Crippen LogP contribution in [0.2, 0.25) is 0 Å². The standard InChI is InChI=1S/C71H132N2O21/c1-4-6-8-10-12-14-16-18-20-21-22-23-24-25-26-27-28-29-30-31-33-35-37-39-41-43-45-58(81)73-52(53(78)44-42-40-38-36-34-32-19-17-15-13-11-9-7-5-2)50-89-68-63(85)62(84)65(57(49-76)91-68)92-69-64(86)67(61(83)56(48-75)90-69)94-71(70(87)88)46-54(79)59(72-51(3)77)66(93-71)60(82)55(80)47-74/h25-26,52-57,59-69,74-76,78-80,82-86H,4-24,27-50H2,1-3H3,(H,72,77)(H,73,81)(H,87,88)/b26-25-. The molecule has 23 nitrogen and oxygen atoms in total. The Morgan fingerprint density at radius 1 is 0.543 bits per heavy atom. The summed E-state index contributed by atoms with van der Waals surface area (Å²) in [6.07, 6.45) is 22.2. The molecule has 3 aliphatic heterocycles. The molecule has 3 aliphatic rings. The van der Waals surface area contributed by atoms with Crippen molar-refractivity contribution in [2.45, 2.75) is 394 Å². The van der Waals surface area contributed by atoms with Crippen molar-refractivity contribution < 1.29 is 104 Å². The van der Waals surface area contributed by atoms with Crippen molar-refractivity contribution in [3.05, 3.63) is 12.2 Å². The zero-order chi connectivity index (χ0) is 68.9. The third kappa shape index (κ3) is 33.1. The molecule has 94 heavy (non-hydrogen) atoms. The highest BCUT2D eigenvalue weighted by molar-refractivity contribution is 5.77. The van der Waals surface area contributed by atoms with E-state index in [2.05, 4.69) is 36.6 Å². The molecule has 0 aromatic carbocycles. The van der Waals surface area contributed by atoms with E-state index in [0.29, 0.717) is 19.3 Å². The van der Waals surface area contributed by atoms with Crippen LogP contribution in [0.25, 0.3) is 0 Å². The van der Waals surface area contributed by atoms with E-state index in [9.17, 15) is 75.7 Å². The number of unbranched alkanes of at least 4 members (excludes halogenated alkanes) is 35. The number of hydrogen-bond donors (Lipinski definition) is 14. The molecular weight excluding hydrogens is 1220 g/mol. The lowest BCUT2D eigenvalue weighted by Gasteiger charge is -2.50. The van der Waals surface area contributed by atoms with E-state index < -0.39 is 148 Å². The van der Waals surface area contributed by atoms with E-state index in [0.717, 1.165) is 64.7 Å². The molecule has 552 valence electrons. The maximum Gasteiger partial charge on any atom is 0.364 e. The van der Waals surface area contributed by atoms with Crippen LogP contribution in [0.4, 0.5) is 0 Å². The van der Waals surface area contributed by atoms with Gasteiger partial charge < -0.3 is 100 Å². The number of aliphatic carboxylic acids is 1. The number of carboxylic acids is 1. The lowest BCUT2D eigenvalue weighted by molar-refractivity contribution is -0.386. The first-order valence-corrected chi connectivity index (χ1v) is 37.0. The molecule has 0 radical (unpaired) electrons. The summed E-state index contributed by atoms with van der Waals surface area (Å²) in [5.74, 6) is -6.10. The fourth-order valence-electron chi connectivity index (χ4n) is 13.1. The molecule has 18 atom stereocenters. The van der Waals surface area contributed by atoms with Gasteiger partial charge in [0.2, 0.25) is 11.8 Å². The lowest BCUT2D eigenvalue weighted by atomic mass is 9.88. The number of rotatable bonds is 57. The van der Waals surface area contributed by atoms with Crippen molar-refractivity contribution in [2.24, 2.45) is 0 Å². The van der Waals surface area contributed by atoms with Crippen LogP contribution >= 0.6 is 0 Å². The van der Waals surface area contributed by atoms with Crippen LogP contribution < -0.4 is 10.6 Å². The van der Waals surface area contributed by atoms with Crippen LogP contribution in [-0.2, 0) is 42.8 Å². The molecule has 2 amide bonds. The van der Waals surface area contributed by atoms with E-state index >= 15 is 0 Å². The van der Waals surface area contributed by atoms with Crippen LogP contribution in [0.15, 0.2) is 12.2 Å². The molecule has 18 unspecified atom stereocenters. The molecule has 14 N–H and O–H groups in total. The Hall–Kier alpha value is -2.53. The highest BCUT2D eigenvalue weighted by Gasteiger charge is 2.60. The minimum absolute atomic E-state index is 0.224. The Labute approximate surface area is 562 Å². The van der Waals surface area contributed by atoms with E-state index in [1.165, 1.54) is 173 Å². The number of carbonyl (C=O) groups excluding carboxylic acids is 2. The Morgan fingerprint density at radius 2 is 0.989 bits per heavy atom. The summed E-state index contributed by atoms with van der Waals surface area (Å²) >= 11 is 0. The van der Waals surface area contributed by atoms with Gasteiger partial charge in [0.05, 0.1) is 50.7 Å². The van der Waals surface area contributed by atoms with E-state index in [-0.39, 0.29) is 18.9 Å². The summed E-state index contributed by atoms with van der Waals surface area (Å²) in [4.78, 5) is 38.6. The predicted octanol–water partition coefficient (Wildman–Crippen LogP) is 7.85. The Balaban J connectivity index is 1.53. The molecule has 3 heterocycles. The van der Waals surface area contributed by atoms with Crippen molar-refractivity contribution >= 4 is 17.8 Å². The molecule has 3 fully saturated rings. The Bertz CT molecular complexity index is 1940. The minimum Gasteiger partial charge on any atom is -0.477 e. The van der Waals surface area contributed by atoms with Crippen molar-refractivity contribution in [3.63, 3.8) is 0 Å². The van der Waals surface area contributed by atoms with Crippen LogP contribution in [0.1, 0.15) is 284 Å². The van der Waals surface area contributed by atoms with Crippen molar-refractivity contribution in [1.82, 2.24) is 10.6 Å². The van der Waals surface area contributed by atoms with E-state index in [1.807, 2.05) is 0 Å². The monoisotopic (exact) mass is 1350 g/mol. The number of hydrogen-bond acceptors (Lipinski definition) is 20. The average molecular weight is 1350 g/mol. The lowest BCUT2D eigenvalue weighted by Crippen LogP contribution is -2.70. The molecular formula is C71H132N2O21.